The van der Waals surface area contributed by atoms with Gasteiger partial charge in [0.15, 0.2) is 5.78 Å². The number of benzene rings is 2. The van der Waals surface area contributed by atoms with Gasteiger partial charge in [-0.05, 0) is 68.1 Å². The topological polar surface area (TPSA) is 51.2 Å². The lowest BCUT2D eigenvalue weighted by molar-refractivity contribution is 0.101. The Labute approximate surface area is 153 Å². The number of Topliss-reactive ketones (excluding diaryl/α,β-unsaturated/α-hetero) is 1. The van der Waals surface area contributed by atoms with Gasteiger partial charge in [0.1, 0.15) is 11.9 Å². The van der Waals surface area contributed by atoms with E-state index in [0.717, 1.165) is 53.6 Å². The summed E-state index contributed by atoms with van der Waals surface area (Å²) in [6.07, 6.45) is 5.88. The summed E-state index contributed by atoms with van der Waals surface area (Å²) in [5, 5.41) is 5.52. The molecule has 0 amide bonds. The Balaban J connectivity index is 1.85. The Kier molecular flexibility index (Phi) is 4.67. The van der Waals surface area contributed by atoms with Crippen LogP contribution in [0.4, 0.5) is 0 Å². The van der Waals surface area contributed by atoms with Crippen molar-refractivity contribution in [3.05, 3.63) is 60.4 Å². The van der Waals surface area contributed by atoms with Gasteiger partial charge in [-0.2, -0.15) is 0 Å². The second kappa shape index (κ2) is 7.26. The van der Waals surface area contributed by atoms with Gasteiger partial charge in [0.2, 0.25) is 0 Å². The Morgan fingerprint density at radius 2 is 2.00 bits per heavy atom. The normalized spacial score (nSPS) is 15.1. The number of fused-ring (bicyclic) bond motifs is 1. The molecule has 0 saturated carbocycles. The number of hydrogen-bond donors (Lipinski definition) is 1. The number of carbonyl (C=O) groups is 1. The molecule has 132 valence electrons. The van der Waals surface area contributed by atoms with Gasteiger partial charge in [-0.1, -0.05) is 18.2 Å². The fourth-order valence-corrected chi connectivity index (χ4v) is 3.53. The van der Waals surface area contributed by atoms with Crippen LogP contribution in [0.15, 0.2) is 54.9 Å². The molecule has 2 aromatic carbocycles. The quantitative estimate of drug-likeness (QED) is 0.718. The number of hydrogen-bond acceptors (Lipinski definition) is 4. The first-order valence-electron chi connectivity index (χ1n) is 9.08. The minimum atomic E-state index is 0.0644. The number of nitrogens with zero attached hydrogens (tertiary/aromatic N) is 1. The van der Waals surface area contributed by atoms with Crippen LogP contribution in [-0.2, 0) is 0 Å². The zero-order valence-electron chi connectivity index (χ0n) is 14.9. The van der Waals surface area contributed by atoms with E-state index in [2.05, 4.69) is 16.4 Å². The minimum absolute atomic E-state index is 0.0644. The highest BCUT2D eigenvalue weighted by Crippen LogP contribution is 2.38. The summed E-state index contributed by atoms with van der Waals surface area (Å²) in [5.74, 6) is 0.936. The zero-order chi connectivity index (χ0) is 17.9. The van der Waals surface area contributed by atoms with Crippen LogP contribution in [0, 0.1) is 0 Å². The number of piperidine rings is 1. The molecule has 1 aliphatic rings. The number of rotatable bonds is 4. The van der Waals surface area contributed by atoms with Crippen molar-refractivity contribution in [3.8, 4) is 16.9 Å². The Hall–Kier alpha value is -2.72. The fourth-order valence-electron chi connectivity index (χ4n) is 3.53. The lowest BCUT2D eigenvalue weighted by Crippen LogP contribution is -2.34. The van der Waals surface area contributed by atoms with Crippen LogP contribution in [0.2, 0.25) is 0 Å². The third-order valence-corrected chi connectivity index (χ3v) is 4.92. The average molecular weight is 346 g/mol. The van der Waals surface area contributed by atoms with E-state index in [1.165, 1.54) is 0 Å². The van der Waals surface area contributed by atoms with Crippen LogP contribution in [0.1, 0.15) is 30.1 Å². The van der Waals surface area contributed by atoms with Crippen molar-refractivity contribution in [2.45, 2.75) is 25.9 Å². The van der Waals surface area contributed by atoms with E-state index in [1.807, 2.05) is 42.6 Å². The predicted molar refractivity (Wildman–Crippen MR) is 104 cm³/mol. The highest BCUT2D eigenvalue weighted by molar-refractivity contribution is 6.01. The molecule has 2 heterocycles. The molecule has 0 spiro atoms. The maximum absolute atomic E-state index is 11.8. The van der Waals surface area contributed by atoms with Gasteiger partial charge in [-0.3, -0.25) is 9.78 Å². The standard InChI is InChI=1S/C22H22N2O2/c1-15(25)16-3-2-4-17(13-16)22-20-9-12-24-14-18(20)5-6-21(22)26-19-7-10-23-11-8-19/h2-6,9,12-14,19,23H,7-8,10-11H2,1H3. The average Bonchev–Trinajstić information content (AvgIpc) is 2.68. The molecular formula is C22H22N2O2. The first-order valence-corrected chi connectivity index (χ1v) is 9.08. The summed E-state index contributed by atoms with van der Waals surface area (Å²) in [6, 6.07) is 13.9. The molecule has 0 radical (unpaired) electrons. The zero-order valence-corrected chi connectivity index (χ0v) is 14.9. The molecule has 1 fully saturated rings. The van der Waals surface area contributed by atoms with Crippen molar-refractivity contribution >= 4 is 16.6 Å². The van der Waals surface area contributed by atoms with Crippen LogP contribution in [-0.4, -0.2) is 30.0 Å². The Bertz CT molecular complexity index is 946. The van der Waals surface area contributed by atoms with Crippen molar-refractivity contribution in [2.24, 2.45) is 0 Å². The molecule has 1 saturated heterocycles. The summed E-state index contributed by atoms with van der Waals surface area (Å²) >= 11 is 0. The summed E-state index contributed by atoms with van der Waals surface area (Å²) in [7, 11) is 0. The van der Waals surface area contributed by atoms with Gasteiger partial charge < -0.3 is 10.1 Å². The van der Waals surface area contributed by atoms with E-state index >= 15 is 0 Å². The van der Waals surface area contributed by atoms with Crippen molar-refractivity contribution in [3.63, 3.8) is 0 Å². The van der Waals surface area contributed by atoms with E-state index < -0.39 is 0 Å². The van der Waals surface area contributed by atoms with Gasteiger partial charge >= 0.3 is 0 Å². The molecular weight excluding hydrogens is 324 g/mol. The maximum atomic E-state index is 11.8. The number of ether oxygens (including phenoxy) is 1. The number of nitrogens with one attached hydrogen (secondary N) is 1. The number of pyridine rings is 1. The molecule has 0 aliphatic carbocycles. The lowest BCUT2D eigenvalue weighted by Gasteiger charge is -2.25. The van der Waals surface area contributed by atoms with E-state index in [1.54, 1.807) is 13.1 Å². The largest absolute Gasteiger partial charge is 0.490 e. The summed E-state index contributed by atoms with van der Waals surface area (Å²) in [4.78, 5) is 16.1. The van der Waals surface area contributed by atoms with Crippen molar-refractivity contribution in [1.82, 2.24) is 10.3 Å². The van der Waals surface area contributed by atoms with Crippen molar-refractivity contribution < 1.29 is 9.53 Å². The second-order valence-corrected chi connectivity index (χ2v) is 6.74. The van der Waals surface area contributed by atoms with Gasteiger partial charge in [0, 0.05) is 28.9 Å². The molecule has 26 heavy (non-hydrogen) atoms. The summed E-state index contributed by atoms with van der Waals surface area (Å²) < 4.78 is 6.40. The maximum Gasteiger partial charge on any atom is 0.159 e. The Morgan fingerprint density at radius 1 is 1.15 bits per heavy atom. The smallest absolute Gasteiger partial charge is 0.159 e. The van der Waals surface area contributed by atoms with Gasteiger partial charge in [0.05, 0.1) is 0 Å². The summed E-state index contributed by atoms with van der Waals surface area (Å²) in [6.45, 7) is 3.56. The summed E-state index contributed by atoms with van der Waals surface area (Å²) in [5.41, 5.74) is 2.74. The van der Waals surface area contributed by atoms with Crippen molar-refractivity contribution in [1.29, 1.82) is 0 Å². The van der Waals surface area contributed by atoms with Gasteiger partial charge in [0.25, 0.3) is 0 Å². The van der Waals surface area contributed by atoms with Crippen LogP contribution >= 0.6 is 0 Å². The Morgan fingerprint density at radius 3 is 2.81 bits per heavy atom. The van der Waals surface area contributed by atoms with Gasteiger partial charge in [-0.15, -0.1) is 0 Å². The third-order valence-electron chi connectivity index (χ3n) is 4.92. The number of ketones is 1. The third kappa shape index (κ3) is 3.33. The van der Waals surface area contributed by atoms with E-state index in [0.29, 0.717) is 5.56 Å². The number of aromatic nitrogens is 1. The minimum Gasteiger partial charge on any atom is -0.490 e. The highest BCUT2D eigenvalue weighted by atomic mass is 16.5. The van der Waals surface area contributed by atoms with Crippen LogP contribution in [0.5, 0.6) is 5.75 Å². The molecule has 3 aromatic rings. The predicted octanol–water partition coefficient (Wildman–Crippen LogP) is 4.24. The first-order chi connectivity index (χ1) is 12.7. The molecule has 1 aliphatic heterocycles. The molecule has 4 rings (SSSR count). The molecule has 1 aromatic heterocycles. The van der Waals surface area contributed by atoms with E-state index in [-0.39, 0.29) is 11.9 Å². The molecule has 0 atom stereocenters. The number of carbonyl (C=O) groups excluding carboxylic acids is 1. The van der Waals surface area contributed by atoms with Crippen LogP contribution < -0.4 is 10.1 Å². The van der Waals surface area contributed by atoms with Gasteiger partial charge in [-0.25, -0.2) is 0 Å². The van der Waals surface area contributed by atoms with Crippen molar-refractivity contribution in [2.75, 3.05) is 13.1 Å². The second-order valence-electron chi connectivity index (χ2n) is 6.74. The van der Waals surface area contributed by atoms with E-state index in [9.17, 15) is 4.79 Å². The lowest BCUT2D eigenvalue weighted by atomic mass is 9.96. The van der Waals surface area contributed by atoms with Crippen LogP contribution in [0.25, 0.3) is 21.9 Å². The monoisotopic (exact) mass is 346 g/mol. The first kappa shape index (κ1) is 16.7. The molecule has 4 heteroatoms. The highest BCUT2D eigenvalue weighted by Gasteiger charge is 2.18. The fraction of sp³-hybridized carbons (Fsp3) is 0.273. The molecule has 1 N–H and O–H groups in total. The molecule has 0 bridgehead atoms. The molecule has 0 unspecified atom stereocenters. The SMILES string of the molecule is CC(=O)c1cccc(-c2c(OC3CCNCC3)ccc3cnccc23)c1. The van der Waals surface area contributed by atoms with E-state index in [4.69, 9.17) is 4.74 Å². The van der Waals surface area contributed by atoms with Crippen LogP contribution in [0.3, 0.4) is 0 Å². The molecule has 4 nitrogen and oxygen atoms in total.